The normalized spacial score (nSPS) is 13.5. The van der Waals surface area contributed by atoms with Gasteiger partial charge in [-0.1, -0.05) is 56.3 Å². The molecule has 0 aliphatic rings. The van der Waals surface area contributed by atoms with Gasteiger partial charge in [-0.2, -0.15) is 0 Å². The number of methoxy groups -OCH3 is 1. The number of fused-ring (bicyclic) bond motifs is 1. The minimum absolute atomic E-state index is 0.231. The largest absolute Gasteiger partial charge is 0.368 e. The number of halogens is 1. The third kappa shape index (κ3) is 4.37. The average Bonchev–Trinajstić information content (AvgIpc) is 2.68. The monoisotopic (exact) mass is 380 g/mol. The lowest BCUT2D eigenvalue weighted by atomic mass is 9.85. The van der Waals surface area contributed by atoms with Crippen LogP contribution in [0.1, 0.15) is 25.8 Å². The van der Waals surface area contributed by atoms with Crippen molar-refractivity contribution < 1.29 is 13.9 Å². The van der Waals surface area contributed by atoms with Crippen molar-refractivity contribution in [1.29, 1.82) is 0 Å². The second kappa shape index (κ2) is 8.48. The zero-order chi connectivity index (χ0) is 20.1. The maximum absolute atomic E-state index is 13.8. The number of aromatic nitrogens is 1. The van der Waals surface area contributed by atoms with E-state index in [1.807, 2.05) is 30.3 Å². The summed E-state index contributed by atoms with van der Waals surface area (Å²) in [5, 5.41) is 3.55. The molecule has 1 amide bonds. The lowest BCUT2D eigenvalue weighted by Crippen LogP contribution is -2.47. The first-order valence-electron chi connectivity index (χ1n) is 9.38. The molecule has 0 aliphatic carbocycles. The molecule has 3 rings (SSSR count). The van der Waals surface area contributed by atoms with Gasteiger partial charge in [0, 0.05) is 18.9 Å². The molecule has 2 aromatic carbocycles. The van der Waals surface area contributed by atoms with Gasteiger partial charge in [-0.15, -0.1) is 0 Å². The molecule has 0 fully saturated rings. The van der Waals surface area contributed by atoms with Crippen LogP contribution >= 0.6 is 0 Å². The van der Waals surface area contributed by atoms with E-state index in [1.54, 1.807) is 25.3 Å². The minimum atomic E-state index is -1.01. The van der Waals surface area contributed by atoms with Crippen LogP contribution in [0, 0.1) is 11.7 Å². The smallest absolute Gasteiger partial charge is 0.257 e. The Morgan fingerprint density at radius 1 is 1.18 bits per heavy atom. The molecule has 0 saturated heterocycles. The van der Waals surface area contributed by atoms with Crippen molar-refractivity contribution in [3.63, 3.8) is 0 Å². The molecule has 0 bridgehead atoms. The summed E-state index contributed by atoms with van der Waals surface area (Å²) in [5.41, 5.74) is 0.817. The highest BCUT2D eigenvalue weighted by Crippen LogP contribution is 2.28. The van der Waals surface area contributed by atoms with E-state index >= 15 is 0 Å². The molecule has 1 atom stereocenters. The van der Waals surface area contributed by atoms with Crippen molar-refractivity contribution in [2.45, 2.75) is 32.3 Å². The Hall–Kier alpha value is -2.79. The number of pyridine rings is 1. The number of hydrogen-bond donors (Lipinski definition) is 1. The van der Waals surface area contributed by atoms with Crippen LogP contribution in [0.4, 0.5) is 10.1 Å². The van der Waals surface area contributed by atoms with Crippen LogP contribution in [-0.4, -0.2) is 23.6 Å². The first kappa shape index (κ1) is 20.0. The van der Waals surface area contributed by atoms with Crippen LogP contribution in [0.5, 0.6) is 0 Å². The molecule has 1 aromatic heterocycles. The van der Waals surface area contributed by atoms with Gasteiger partial charge in [-0.25, -0.2) is 4.39 Å². The zero-order valence-corrected chi connectivity index (χ0v) is 16.4. The highest BCUT2D eigenvalue weighted by molar-refractivity contribution is 5.98. The summed E-state index contributed by atoms with van der Waals surface area (Å²) < 4.78 is 19.6. The van der Waals surface area contributed by atoms with E-state index in [0.717, 1.165) is 5.56 Å². The Bertz CT molecular complexity index is 959. The Morgan fingerprint density at radius 2 is 1.93 bits per heavy atom. The van der Waals surface area contributed by atoms with E-state index in [-0.39, 0.29) is 23.2 Å². The van der Waals surface area contributed by atoms with E-state index in [4.69, 9.17) is 4.74 Å². The van der Waals surface area contributed by atoms with Crippen LogP contribution in [0.25, 0.3) is 10.9 Å². The molecule has 0 saturated carbocycles. The molecular formula is C23H25FN2O2. The summed E-state index contributed by atoms with van der Waals surface area (Å²) in [6.45, 7) is 4.12. The molecule has 0 aliphatic heterocycles. The van der Waals surface area contributed by atoms with Gasteiger partial charge in [0.2, 0.25) is 0 Å². The number of para-hydroxylation sites is 1. The number of anilines is 1. The molecule has 146 valence electrons. The van der Waals surface area contributed by atoms with Gasteiger partial charge in [0.25, 0.3) is 5.91 Å². The van der Waals surface area contributed by atoms with Crippen LogP contribution in [-0.2, 0) is 16.0 Å². The first-order valence-corrected chi connectivity index (χ1v) is 9.38. The third-order valence-electron chi connectivity index (χ3n) is 4.79. The fraction of sp³-hybridized carbons (Fsp3) is 0.304. The van der Waals surface area contributed by atoms with Gasteiger partial charge in [0.1, 0.15) is 11.3 Å². The highest BCUT2D eigenvalue weighted by atomic mass is 19.1. The fourth-order valence-electron chi connectivity index (χ4n) is 3.52. The van der Waals surface area contributed by atoms with Crippen molar-refractivity contribution >= 4 is 22.5 Å². The summed E-state index contributed by atoms with van der Waals surface area (Å²) >= 11 is 0. The molecule has 1 heterocycles. The van der Waals surface area contributed by atoms with E-state index < -0.39 is 5.60 Å². The van der Waals surface area contributed by atoms with Crippen LogP contribution in [0.2, 0.25) is 0 Å². The average molecular weight is 380 g/mol. The number of amides is 1. The van der Waals surface area contributed by atoms with Crippen LogP contribution < -0.4 is 5.32 Å². The van der Waals surface area contributed by atoms with E-state index in [1.165, 1.54) is 12.3 Å². The number of nitrogens with zero attached hydrogens (tertiary/aromatic N) is 1. The van der Waals surface area contributed by atoms with E-state index in [0.29, 0.717) is 23.9 Å². The second-order valence-corrected chi connectivity index (χ2v) is 7.45. The Kier molecular flexibility index (Phi) is 6.05. The fourth-order valence-corrected chi connectivity index (χ4v) is 3.52. The number of carbonyl (C=O) groups excluding carboxylic acids is 1. The first-order chi connectivity index (χ1) is 13.4. The number of hydrogen-bond acceptors (Lipinski definition) is 3. The molecule has 5 heteroatoms. The standard InChI is InChI=1S/C23H25FN2O2/c1-16(2)13-23(28-3,14-17-8-5-4-6-9-17)22(27)26-19-12-18-10-7-11-20(24)21(18)25-15-19/h4-12,15-16H,13-14H2,1-3H3,(H,26,27). The van der Waals surface area contributed by atoms with Gasteiger partial charge >= 0.3 is 0 Å². The molecule has 1 unspecified atom stereocenters. The number of carbonyl (C=O) groups is 1. The molecule has 4 nitrogen and oxygen atoms in total. The lowest BCUT2D eigenvalue weighted by molar-refractivity contribution is -0.139. The highest BCUT2D eigenvalue weighted by Gasteiger charge is 2.39. The van der Waals surface area contributed by atoms with Crippen molar-refractivity contribution in [1.82, 2.24) is 4.98 Å². The van der Waals surface area contributed by atoms with Crippen molar-refractivity contribution in [3.05, 3.63) is 72.2 Å². The third-order valence-corrected chi connectivity index (χ3v) is 4.79. The predicted molar refractivity (Wildman–Crippen MR) is 110 cm³/mol. The molecule has 0 radical (unpaired) electrons. The van der Waals surface area contributed by atoms with E-state index in [9.17, 15) is 9.18 Å². The number of benzene rings is 2. The minimum Gasteiger partial charge on any atom is -0.368 e. The molecule has 28 heavy (non-hydrogen) atoms. The van der Waals surface area contributed by atoms with Crippen molar-refractivity contribution in [2.75, 3.05) is 12.4 Å². The molecule has 1 N–H and O–H groups in total. The van der Waals surface area contributed by atoms with Gasteiger partial charge < -0.3 is 10.1 Å². The van der Waals surface area contributed by atoms with Crippen LogP contribution in [0.15, 0.2) is 60.8 Å². The summed E-state index contributed by atoms with van der Waals surface area (Å²) in [6, 6.07) is 16.3. The summed E-state index contributed by atoms with van der Waals surface area (Å²) in [7, 11) is 1.57. The maximum atomic E-state index is 13.8. The number of ether oxygens (including phenoxy) is 1. The summed E-state index contributed by atoms with van der Waals surface area (Å²) in [6.07, 6.45) is 2.51. The number of rotatable bonds is 7. The zero-order valence-electron chi connectivity index (χ0n) is 16.4. The van der Waals surface area contributed by atoms with Gasteiger partial charge in [-0.05, 0) is 30.0 Å². The molecule has 3 aromatic rings. The molecule has 0 spiro atoms. The Labute approximate surface area is 164 Å². The van der Waals surface area contributed by atoms with Crippen LogP contribution in [0.3, 0.4) is 0 Å². The quantitative estimate of drug-likeness (QED) is 0.628. The Balaban J connectivity index is 1.90. The Morgan fingerprint density at radius 3 is 2.61 bits per heavy atom. The van der Waals surface area contributed by atoms with Gasteiger partial charge in [0.15, 0.2) is 5.60 Å². The SMILES string of the molecule is COC(Cc1ccccc1)(CC(C)C)C(=O)Nc1cnc2c(F)cccc2c1. The van der Waals surface area contributed by atoms with Crippen molar-refractivity contribution in [3.8, 4) is 0 Å². The summed E-state index contributed by atoms with van der Waals surface area (Å²) in [4.78, 5) is 17.4. The van der Waals surface area contributed by atoms with Gasteiger partial charge in [0.05, 0.1) is 11.9 Å². The van der Waals surface area contributed by atoms with Gasteiger partial charge in [-0.3, -0.25) is 9.78 Å². The van der Waals surface area contributed by atoms with Crippen molar-refractivity contribution in [2.24, 2.45) is 5.92 Å². The molecular weight excluding hydrogens is 355 g/mol. The summed E-state index contributed by atoms with van der Waals surface area (Å²) in [5.74, 6) is -0.353. The topological polar surface area (TPSA) is 51.2 Å². The second-order valence-electron chi connectivity index (χ2n) is 7.45. The number of nitrogens with one attached hydrogen (secondary N) is 1. The van der Waals surface area contributed by atoms with E-state index in [2.05, 4.69) is 24.1 Å². The predicted octanol–water partition coefficient (Wildman–Crippen LogP) is 4.99. The lowest BCUT2D eigenvalue weighted by Gasteiger charge is -2.33. The maximum Gasteiger partial charge on any atom is 0.257 e.